The molecule has 2 aromatic carbocycles. The number of hydrogen-bond acceptors (Lipinski definition) is 6. The molecule has 1 unspecified atom stereocenters. The van der Waals surface area contributed by atoms with Gasteiger partial charge in [-0.1, -0.05) is 30.3 Å². The van der Waals surface area contributed by atoms with E-state index < -0.39 is 16.1 Å². The van der Waals surface area contributed by atoms with Crippen LogP contribution in [0.15, 0.2) is 47.4 Å². The van der Waals surface area contributed by atoms with Gasteiger partial charge in [-0.2, -0.15) is 9.10 Å². The van der Waals surface area contributed by atoms with Crippen LogP contribution in [0.2, 0.25) is 0 Å². The highest BCUT2D eigenvalue weighted by Gasteiger charge is 2.33. The van der Waals surface area contributed by atoms with E-state index in [2.05, 4.69) is 15.4 Å². The molecule has 1 aromatic heterocycles. The molecule has 130 valence electrons. The second kappa shape index (κ2) is 6.17. The molecule has 4 rings (SSSR count). The van der Waals surface area contributed by atoms with Crippen LogP contribution in [0.1, 0.15) is 11.9 Å². The van der Waals surface area contributed by atoms with Gasteiger partial charge in [0.2, 0.25) is 15.8 Å². The van der Waals surface area contributed by atoms with Gasteiger partial charge in [0.15, 0.2) is 0 Å². The number of tetrazole rings is 1. The molecule has 2 heterocycles. The molecule has 0 aliphatic carbocycles. The molecule has 8 nitrogen and oxygen atoms in total. The third-order valence-electron chi connectivity index (χ3n) is 4.20. The summed E-state index contributed by atoms with van der Waals surface area (Å²) < 4.78 is 33.1. The van der Waals surface area contributed by atoms with Gasteiger partial charge in [0.25, 0.3) is 0 Å². The maximum absolute atomic E-state index is 13.0. The van der Waals surface area contributed by atoms with Crippen molar-refractivity contribution >= 4 is 20.8 Å². The summed E-state index contributed by atoms with van der Waals surface area (Å²) in [4.78, 5) is 1.61. The van der Waals surface area contributed by atoms with Crippen LogP contribution in [0.4, 0.5) is 0 Å². The normalized spacial score (nSPS) is 19.3. The molecule has 1 atom stereocenters. The van der Waals surface area contributed by atoms with Crippen LogP contribution < -0.4 is 0 Å². The van der Waals surface area contributed by atoms with Gasteiger partial charge in [0.05, 0.1) is 18.6 Å². The molecule has 0 radical (unpaired) electrons. The monoisotopic (exact) mass is 359 g/mol. The van der Waals surface area contributed by atoms with Crippen molar-refractivity contribution in [2.24, 2.45) is 7.05 Å². The molecular weight excluding hydrogens is 342 g/mol. The van der Waals surface area contributed by atoms with E-state index in [1.807, 2.05) is 30.3 Å². The SMILES string of the molecule is Cn1nnc(C2CN(S(=O)(=O)c3ccc4ccccc4c3)CCO2)n1. The lowest BCUT2D eigenvalue weighted by molar-refractivity contribution is -0.00765. The summed E-state index contributed by atoms with van der Waals surface area (Å²) in [5, 5.41) is 13.7. The number of benzene rings is 2. The molecule has 1 aliphatic heterocycles. The number of sulfonamides is 1. The number of rotatable bonds is 3. The smallest absolute Gasteiger partial charge is 0.243 e. The zero-order valence-corrected chi connectivity index (χ0v) is 14.4. The van der Waals surface area contributed by atoms with Gasteiger partial charge < -0.3 is 4.74 Å². The number of fused-ring (bicyclic) bond motifs is 1. The third-order valence-corrected chi connectivity index (χ3v) is 6.06. The van der Waals surface area contributed by atoms with E-state index in [9.17, 15) is 8.42 Å². The number of ether oxygens (including phenoxy) is 1. The second-order valence-corrected chi connectivity index (χ2v) is 7.81. The van der Waals surface area contributed by atoms with Crippen LogP contribution in [0.25, 0.3) is 10.8 Å². The topological polar surface area (TPSA) is 90.2 Å². The minimum atomic E-state index is -3.62. The predicted molar refractivity (Wildman–Crippen MR) is 90.2 cm³/mol. The van der Waals surface area contributed by atoms with Crippen molar-refractivity contribution < 1.29 is 13.2 Å². The van der Waals surface area contributed by atoms with Crippen molar-refractivity contribution in [2.45, 2.75) is 11.0 Å². The Labute approximate surface area is 145 Å². The van der Waals surface area contributed by atoms with Crippen molar-refractivity contribution in [2.75, 3.05) is 19.7 Å². The predicted octanol–water partition coefficient (Wildman–Crippen LogP) is 1.13. The van der Waals surface area contributed by atoms with Crippen LogP contribution in [0.5, 0.6) is 0 Å². The average molecular weight is 359 g/mol. The van der Waals surface area contributed by atoms with Gasteiger partial charge in [0, 0.05) is 13.1 Å². The highest BCUT2D eigenvalue weighted by molar-refractivity contribution is 7.89. The molecule has 25 heavy (non-hydrogen) atoms. The Morgan fingerprint density at radius 3 is 2.72 bits per heavy atom. The lowest BCUT2D eigenvalue weighted by atomic mass is 10.1. The van der Waals surface area contributed by atoms with Crippen molar-refractivity contribution in [3.63, 3.8) is 0 Å². The molecule has 9 heteroatoms. The summed E-state index contributed by atoms with van der Waals surface area (Å²) in [5.41, 5.74) is 0. The van der Waals surface area contributed by atoms with Gasteiger partial charge in [-0.25, -0.2) is 8.42 Å². The lowest BCUT2D eigenvalue weighted by Gasteiger charge is -2.30. The van der Waals surface area contributed by atoms with E-state index in [0.29, 0.717) is 12.4 Å². The Morgan fingerprint density at radius 1 is 1.16 bits per heavy atom. The van der Waals surface area contributed by atoms with E-state index >= 15 is 0 Å². The van der Waals surface area contributed by atoms with Gasteiger partial charge in [-0.05, 0) is 28.1 Å². The molecule has 1 aliphatic rings. The molecule has 0 spiro atoms. The highest BCUT2D eigenvalue weighted by atomic mass is 32.2. The van der Waals surface area contributed by atoms with Crippen LogP contribution in [-0.4, -0.2) is 52.6 Å². The molecule has 1 saturated heterocycles. The fourth-order valence-electron chi connectivity index (χ4n) is 2.90. The van der Waals surface area contributed by atoms with Crippen molar-refractivity contribution in [3.8, 4) is 0 Å². The zero-order valence-electron chi connectivity index (χ0n) is 13.6. The Kier molecular flexibility index (Phi) is 3.98. The first-order valence-corrected chi connectivity index (χ1v) is 9.32. The van der Waals surface area contributed by atoms with Crippen molar-refractivity contribution in [1.29, 1.82) is 0 Å². The van der Waals surface area contributed by atoms with E-state index in [1.165, 1.54) is 9.10 Å². The molecule has 0 N–H and O–H groups in total. The summed E-state index contributed by atoms with van der Waals surface area (Å²) in [6, 6.07) is 12.8. The first-order chi connectivity index (χ1) is 12.0. The number of morpholine rings is 1. The standard InChI is InChI=1S/C16H17N5O3S/c1-20-18-16(17-19-20)15-11-21(8-9-24-15)25(22,23)14-7-6-12-4-2-3-5-13(12)10-14/h2-7,10,15H,8-9,11H2,1H3. The average Bonchev–Trinajstić information content (AvgIpc) is 3.08. The summed E-state index contributed by atoms with van der Waals surface area (Å²) in [7, 11) is -1.96. The minimum Gasteiger partial charge on any atom is -0.367 e. The number of hydrogen-bond donors (Lipinski definition) is 0. The molecular formula is C16H17N5O3S. The van der Waals surface area contributed by atoms with Crippen molar-refractivity contribution in [1.82, 2.24) is 24.5 Å². The Balaban J connectivity index is 1.64. The summed E-state index contributed by atoms with van der Waals surface area (Å²) >= 11 is 0. The van der Waals surface area contributed by atoms with Gasteiger partial charge >= 0.3 is 0 Å². The van der Waals surface area contributed by atoms with Crippen LogP contribution in [0, 0.1) is 0 Å². The maximum Gasteiger partial charge on any atom is 0.243 e. The van der Waals surface area contributed by atoms with Crippen LogP contribution in [-0.2, 0) is 21.8 Å². The summed E-state index contributed by atoms with van der Waals surface area (Å²) in [5.74, 6) is 0.390. The highest BCUT2D eigenvalue weighted by Crippen LogP contribution is 2.26. The van der Waals surface area contributed by atoms with Gasteiger partial charge in [0.1, 0.15) is 6.10 Å². The fourth-order valence-corrected chi connectivity index (χ4v) is 4.37. The first-order valence-electron chi connectivity index (χ1n) is 7.88. The lowest BCUT2D eigenvalue weighted by Crippen LogP contribution is -2.42. The minimum absolute atomic E-state index is 0.168. The van der Waals surface area contributed by atoms with E-state index in [4.69, 9.17) is 4.74 Å². The van der Waals surface area contributed by atoms with E-state index in [-0.39, 0.29) is 18.0 Å². The van der Waals surface area contributed by atoms with Gasteiger partial charge in [-0.3, -0.25) is 0 Å². The molecule has 1 fully saturated rings. The zero-order chi connectivity index (χ0) is 17.4. The molecule has 0 saturated carbocycles. The molecule has 0 bridgehead atoms. The molecule has 0 amide bonds. The Hall–Kier alpha value is -2.36. The first kappa shape index (κ1) is 16.1. The van der Waals surface area contributed by atoms with E-state index in [1.54, 1.807) is 19.2 Å². The second-order valence-electron chi connectivity index (χ2n) is 5.87. The third kappa shape index (κ3) is 3.01. The number of nitrogens with zero attached hydrogens (tertiary/aromatic N) is 5. The largest absolute Gasteiger partial charge is 0.367 e. The quantitative estimate of drug-likeness (QED) is 0.696. The number of aromatic nitrogens is 4. The van der Waals surface area contributed by atoms with Crippen LogP contribution >= 0.6 is 0 Å². The summed E-state index contributed by atoms with van der Waals surface area (Å²) in [6.45, 7) is 0.752. The molecule has 3 aromatic rings. The van der Waals surface area contributed by atoms with Crippen LogP contribution in [0.3, 0.4) is 0 Å². The fraction of sp³-hybridized carbons (Fsp3) is 0.312. The Morgan fingerprint density at radius 2 is 1.96 bits per heavy atom. The van der Waals surface area contributed by atoms with Crippen molar-refractivity contribution in [3.05, 3.63) is 48.3 Å². The van der Waals surface area contributed by atoms with Gasteiger partial charge in [-0.15, -0.1) is 10.2 Å². The summed E-state index contributed by atoms with van der Waals surface area (Å²) in [6.07, 6.45) is -0.516. The Bertz CT molecular complexity index is 1020. The number of aryl methyl sites for hydroxylation is 1. The van der Waals surface area contributed by atoms with E-state index in [0.717, 1.165) is 10.8 Å². The maximum atomic E-state index is 13.0.